The van der Waals surface area contributed by atoms with Crippen LogP contribution in [0.25, 0.3) is 6.08 Å². The average molecular weight is 438 g/mol. The lowest BCUT2D eigenvalue weighted by Crippen LogP contribution is -2.49. The maximum Gasteiger partial charge on any atom is 0.408 e. The number of fused-ring (bicyclic) bond motifs is 1. The lowest BCUT2D eigenvalue weighted by molar-refractivity contribution is -0.134. The molecule has 1 aliphatic heterocycles. The van der Waals surface area contributed by atoms with Gasteiger partial charge in [0.1, 0.15) is 12.6 Å². The highest BCUT2D eigenvalue weighted by molar-refractivity contribution is 7.95. The molecule has 1 saturated carbocycles. The van der Waals surface area contributed by atoms with Crippen molar-refractivity contribution in [1.29, 1.82) is 0 Å². The third-order valence-electron chi connectivity index (χ3n) is 5.23. The highest BCUT2D eigenvalue weighted by Gasteiger charge is 2.39. The van der Waals surface area contributed by atoms with E-state index in [2.05, 4.69) is 5.32 Å². The molecule has 1 atom stereocenters. The first-order valence-electron chi connectivity index (χ1n) is 9.49. The Hall–Kier alpha value is -2.75. The minimum atomic E-state index is -3.78. The quantitative estimate of drug-likeness (QED) is 0.600. The lowest BCUT2D eigenvalue weighted by Gasteiger charge is -2.27. The van der Waals surface area contributed by atoms with E-state index in [9.17, 15) is 27.2 Å². The van der Waals surface area contributed by atoms with Gasteiger partial charge in [-0.15, -0.1) is 0 Å². The van der Waals surface area contributed by atoms with Gasteiger partial charge in [-0.25, -0.2) is 13.2 Å². The van der Waals surface area contributed by atoms with Crippen LogP contribution in [-0.4, -0.2) is 44.6 Å². The number of carbonyl (C=O) groups excluding carboxylic acids is 3. The summed E-state index contributed by atoms with van der Waals surface area (Å²) in [5.41, 5.74) is -0.0110. The lowest BCUT2D eigenvalue weighted by atomic mass is 9.98. The number of benzene rings is 1. The van der Waals surface area contributed by atoms with Gasteiger partial charge in [-0.1, -0.05) is 18.2 Å². The van der Waals surface area contributed by atoms with Crippen LogP contribution in [0.5, 0.6) is 0 Å². The van der Waals surface area contributed by atoms with Gasteiger partial charge in [0.25, 0.3) is 0 Å². The van der Waals surface area contributed by atoms with E-state index in [1.54, 1.807) is 18.2 Å². The summed E-state index contributed by atoms with van der Waals surface area (Å²) in [6.07, 6.45) is 1.54. The van der Waals surface area contributed by atoms with Crippen molar-refractivity contribution in [2.24, 2.45) is 5.92 Å². The summed E-state index contributed by atoms with van der Waals surface area (Å²) in [5.74, 6) is -0.260. The molecule has 0 saturated heterocycles. The molecule has 0 radical (unpaired) electrons. The summed E-state index contributed by atoms with van der Waals surface area (Å²) in [6, 6.07) is 2.68. The van der Waals surface area contributed by atoms with Crippen LogP contribution in [0.2, 0.25) is 0 Å². The van der Waals surface area contributed by atoms with Crippen LogP contribution in [0.1, 0.15) is 38.7 Å². The van der Waals surface area contributed by atoms with E-state index in [1.807, 2.05) is 19.2 Å². The molecular weight excluding hydrogens is 415 g/mol. The molecule has 1 aliphatic carbocycles. The van der Waals surface area contributed by atoms with Crippen LogP contribution >= 0.6 is 0 Å². The van der Waals surface area contributed by atoms with E-state index in [0.717, 1.165) is 12.8 Å². The Morgan fingerprint density at radius 3 is 2.50 bits per heavy atom. The highest BCUT2D eigenvalue weighted by Crippen LogP contribution is 2.39. The number of amides is 2. The standard InChI is InChI=1S/C20H23FN2O6S/c1-20(2,13-7-8-13)23-17(24)10-15(18(21)25)22-19(26)29-11-14-9-12-5-3-4-6-16(12)30(14,27)28/h3-6,9,13,15H,7-8,10-11H2,1-2H3,(H,22,26)(H,23,24)/t15-/m0/s1. The van der Waals surface area contributed by atoms with E-state index in [-0.39, 0.29) is 9.80 Å². The summed E-state index contributed by atoms with van der Waals surface area (Å²) in [5, 5.41) is 4.72. The van der Waals surface area contributed by atoms with Crippen LogP contribution in [0.3, 0.4) is 0 Å². The monoisotopic (exact) mass is 438 g/mol. The van der Waals surface area contributed by atoms with E-state index >= 15 is 0 Å². The Labute approximate surface area is 173 Å². The van der Waals surface area contributed by atoms with Gasteiger partial charge in [-0.2, -0.15) is 4.39 Å². The van der Waals surface area contributed by atoms with E-state index in [1.165, 1.54) is 12.1 Å². The zero-order chi connectivity index (χ0) is 22.1. The molecule has 1 aromatic carbocycles. The molecule has 162 valence electrons. The van der Waals surface area contributed by atoms with Crippen molar-refractivity contribution < 1.29 is 31.9 Å². The Morgan fingerprint density at radius 1 is 1.23 bits per heavy atom. The highest BCUT2D eigenvalue weighted by atomic mass is 32.2. The normalized spacial score (nSPS) is 18.0. The van der Waals surface area contributed by atoms with Gasteiger partial charge in [0.05, 0.1) is 16.2 Å². The second kappa shape index (κ2) is 8.17. The average Bonchev–Trinajstić information content (AvgIpc) is 3.46. The molecule has 1 aromatic rings. The number of alkyl carbamates (subject to hydrolysis) is 1. The number of carbonyl (C=O) groups is 3. The third kappa shape index (κ3) is 4.86. The van der Waals surface area contributed by atoms with Crippen molar-refractivity contribution in [3.63, 3.8) is 0 Å². The van der Waals surface area contributed by atoms with Crippen LogP contribution in [0, 0.1) is 5.92 Å². The fraction of sp³-hybridized carbons (Fsp3) is 0.450. The maximum absolute atomic E-state index is 13.3. The van der Waals surface area contributed by atoms with Crippen molar-refractivity contribution in [2.45, 2.75) is 49.6 Å². The van der Waals surface area contributed by atoms with Gasteiger partial charge in [-0.05, 0) is 50.3 Å². The first kappa shape index (κ1) is 21.9. The van der Waals surface area contributed by atoms with Crippen molar-refractivity contribution in [1.82, 2.24) is 10.6 Å². The third-order valence-corrected chi connectivity index (χ3v) is 7.11. The Kier molecular flexibility index (Phi) is 5.98. The number of sulfone groups is 1. The molecule has 2 N–H and O–H groups in total. The van der Waals surface area contributed by atoms with Crippen LogP contribution in [0.15, 0.2) is 34.1 Å². The molecule has 1 fully saturated rings. The number of hydrogen-bond acceptors (Lipinski definition) is 6. The molecule has 10 heteroatoms. The minimum Gasteiger partial charge on any atom is -0.444 e. The Morgan fingerprint density at radius 2 is 1.90 bits per heavy atom. The molecule has 2 aliphatic rings. The minimum absolute atomic E-state index is 0.107. The Balaban J connectivity index is 1.55. The number of halogens is 1. The molecule has 30 heavy (non-hydrogen) atoms. The predicted molar refractivity (Wildman–Crippen MR) is 106 cm³/mol. The topological polar surface area (TPSA) is 119 Å². The van der Waals surface area contributed by atoms with Crippen LogP contribution < -0.4 is 10.6 Å². The van der Waals surface area contributed by atoms with E-state index in [0.29, 0.717) is 11.5 Å². The van der Waals surface area contributed by atoms with Gasteiger partial charge in [0.2, 0.25) is 15.7 Å². The summed E-state index contributed by atoms with van der Waals surface area (Å²) >= 11 is 0. The second-order valence-electron chi connectivity index (χ2n) is 7.98. The molecule has 8 nitrogen and oxygen atoms in total. The van der Waals surface area contributed by atoms with Gasteiger partial charge < -0.3 is 15.4 Å². The first-order chi connectivity index (χ1) is 14.0. The number of hydrogen-bond donors (Lipinski definition) is 2. The molecule has 0 aromatic heterocycles. The van der Waals surface area contributed by atoms with E-state index < -0.39 is 52.5 Å². The molecule has 0 spiro atoms. The molecule has 0 bridgehead atoms. The Bertz CT molecular complexity index is 1010. The van der Waals surface area contributed by atoms with Gasteiger partial charge >= 0.3 is 12.1 Å². The fourth-order valence-corrected chi connectivity index (χ4v) is 4.84. The number of nitrogens with one attached hydrogen (secondary N) is 2. The van der Waals surface area contributed by atoms with Crippen LogP contribution in [0.4, 0.5) is 9.18 Å². The molecular formula is C20H23FN2O6S. The van der Waals surface area contributed by atoms with Crippen molar-refractivity contribution in [2.75, 3.05) is 6.61 Å². The molecule has 1 heterocycles. The SMILES string of the molecule is CC(C)(NC(=O)C[C@H](NC(=O)OCC1=Cc2ccccc2S1(=O)=O)C(=O)F)C1CC1. The number of rotatable bonds is 8. The maximum atomic E-state index is 13.3. The zero-order valence-corrected chi connectivity index (χ0v) is 17.4. The van der Waals surface area contributed by atoms with Gasteiger partial charge in [0.15, 0.2) is 0 Å². The van der Waals surface area contributed by atoms with Gasteiger partial charge in [0, 0.05) is 5.54 Å². The molecule has 3 rings (SSSR count). The summed E-state index contributed by atoms with van der Waals surface area (Å²) in [6.45, 7) is 3.09. The molecule has 2 amide bonds. The van der Waals surface area contributed by atoms with E-state index in [4.69, 9.17) is 4.74 Å². The number of ether oxygens (including phenoxy) is 1. The second-order valence-corrected chi connectivity index (χ2v) is 9.95. The zero-order valence-electron chi connectivity index (χ0n) is 16.6. The van der Waals surface area contributed by atoms with Crippen LogP contribution in [-0.2, 0) is 24.2 Å². The van der Waals surface area contributed by atoms with Crippen molar-refractivity contribution in [3.8, 4) is 0 Å². The van der Waals surface area contributed by atoms with Gasteiger partial charge in [-0.3, -0.25) is 9.59 Å². The predicted octanol–water partition coefficient (Wildman–Crippen LogP) is 2.10. The summed E-state index contributed by atoms with van der Waals surface area (Å²) < 4.78 is 43.0. The van der Waals surface area contributed by atoms with Crippen molar-refractivity contribution >= 4 is 34.0 Å². The summed E-state index contributed by atoms with van der Waals surface area (Å²) in [7, 11) is -3.78. The first-order valence-corrected chi connectivity index (χ1v) is 11.0. The largest absolute Gasteiger partial charge is 0.444 e. The smallest absolute Gasteiger partial charge is 0.408 e. The summed E-state index contributed by atoms with van der Waals surface area (Å²) in [4.78, 5) is 35.3. The van der Waals surface area contributed by atoms with Crippen molar-refractivity contribution in [3.05, 3.63) is 34.7 Å². The fourth-order valence-electron chi connectivity index (χ4n) is 3.37. The molecule has 0 unspecified atom stereocenters.